The molecule has 1 aliphatic rings. The summed E-state index contributed by atoms with van der Waals surface area (Å²) in [7, 11) is 0. The van der Waals surface area contributed by atoms with Crippen LogP contribution in [0.15, 0.2) is 35.9 Å². The van der Waals surface area contributed by atoms with Crippen molar-refractivity contribution in [2.75, 3.05) is 0 Å². The average molecular weight is 288 g/mol. The van der Waals surface area contributed by atoms with Gasteiger partial charge in [-0.3, -0.25) is 4.79 Å². The third-order valence-corrected chi connectivity index (χ3v) is 4.21. The summed E-state index contributed by atoms with van der Waals surface area (Å²) >= 11 is 1.60. The summed E-state index contributed by atoms with van der Waals surface area (Å²) in [6, 6.07) is 3.95. The summed E-state index contributed by atoms with van der Waals surface area (Å²) in [6.07, 6.45) is 8.84. The minimum atomic E-state index is 0.104. The summed E-state index contributed by atoms with van der Waals surface area (Å²) in [5, 5.41) is 14.1. The van der Waals surface area contributed by atoms with Crippen LogP contribution in [0.4, 0.5) is 0 Å². The van der Waals surface area contributed by atoms with Gasteiger partial charge in [-0.1, -0.05) is 17.4 Å². The Hall–Kier alpha value is -1.95. The van der Waals surface area contributed by atoms with Gasteiger partial charge in [-0.05, 0) is 36.8 Å². The number of allylic oxidation sites excluding steroid dienone is 2. The number of amides is 1. The molecule has 1 N–H and O–H groups in total. The predicted molar refractivity (Wildman–Crippen MR) is 77.6 cm³/mol. The predicted octanol–water partition coefficient (Wildman–Crippen LogP) is 2.30. The number of carbonyl (C=O) groups is 1. The van der Waals surface area contributed by atoms with Crippen molar-refractivity contribution in [3.8, 4) is 5.00 Å². The maximum absolute atomic E-state index is 12.0. The minimum absolute atomic E-state index is 0.104. The molecule has 0 bridgehead atoms. The van der Waals surface area contributed by atoms with Crippen LogP contribution in [0.1, 0.15) is 25.0 Å². The average Bonchev–Trinajstić information content (AvgIpc) is 3.16. The summed E-state index contributed by atoms with van der Waals surface area (Å²) in [5.74, 6) is 0.215. The second kappa shape index (κ2) is 6.00. The Morgan fingerprint density at radius 3 is 3.20 bits per heavy atom. The molecule has 1 aliphatic carbocycles. The highest BCUT2D eigenvalue weighted by Crippen LogP contribution is 2.18. The summed E-state index contributed by atoms with van der Waals surface area (Å²) in [6.45, 7) is 0.435. The van der Waals surface area contributed by atoms with Gasteiger partial charge in [0, 0.05) is 5.92 Å². The van der Waals surface area contributed by atoms with E-state index < -0.39 is 0 Å². The van der Waals surface area contributed by atoms with E-state index in [0.717, 1.165) is 30.0 Å². The second-order valence-electron chi connectivity index (χ2n) is 4.80. The van der Waals surface area contributed by atoms with Crippen LogP contribution in [-0.2, 0) is 11.3 Å². The standard InChI is InChI=1S/C14H16N4OS/c19-14(11-5-2-1-3-6-11)15-9-12-10-18(17-16-12)13-7-4-8-20-13/h1-2,4,7-8,10-11H,3,5-6,9H2,(H,15,19)/t11-/m1/s1. The van der Waals surface area contributed by atoms with E-state index in [0.29, 0.717) is 6.54 Å². The van der Waals surface area contributed by atoms with Gasteiger partial charge < -0.3 is 5.32 Å². The van der Waals surface area contributed by atoms with Gasteiger partial charge in [0.25, 0.3) is 0 Å². The van der Waals surface area contributed by atoms with Crippen molar-refractivity contribution >= 4 is 17.2 Å². The molecule has 0 saturated heterocycles. The normalized spacial score (nSPS) is 18.1. The third-order valence-electron chi connectivity index (χ3n) is 3.36. The first-order valence-electron chi connectivity index (χ1n) is 6.71. The molecule has 0 aromatic carbocycles. The number of carbonyl (C=O) groups excluding carboxylic acids is 1. The van der Waals surface area contributed by atoms with Crippen LogP contribution < -0.4 is 5.32 Å². The van der Waals surface area contributed by atoms with Gasteiger partial charge in [0.15, 0.2) is 0 Å². The highest BCUT2D eigenvalue weighted by Gasteiger charge is 2.18. The number of nitrogens with zero attached hydrogens (tertiary/aromatic N) is 3. The second-order valence-corrected chi connectivity index (χ2v) is 5.73. The van der Waals surface area contributed by atoms with Crippen molar-refractivity contribution in [2.24, 2.45) is 5.92 Å². The maximum atomic E-state index is 12.0. The first-order valence-corrected chi connectivity index (χ1v) is 7.59. The van der Waals surface area contributed by atoms with Crippen molar-refractivity contribution < 1.29 is 4.79 Å². The summed E-state index contributed by atoms with van der Waals surface area (Å²) < 4.78 is 1.73. The molecule has 1 amide bonds. The molecular weight excluding hydrogens is 272 g/mol. The number of rotatable bonds is 4. The smallest absolute Gasteiger partial charge is 0.223 e. The highest BCUT2D eigenvalue weighted by molar-refractivity contribution is 7.12. The van der Waals surface area contributed by atoms with Crippen LogP contribution in [0.25, 0.3) is 5.00 Å². The number of hydrogen-bond acceptors (Lipinski definition) is 4. The van der Waals surface area contributed by atoms with Crippen LogP contribution >= 0.6 is 11.3 Å². The van der Waals surface area contributed by atoms with Gasteiger partial charge in [0.2, 0.25) is 5.91 Å². The molecule has 2 aromatic heterocycles. The molecule has 3 rings (SSSR count). The van der Waals surface area contributed by atoms with Crippen LogP contribution in [0, 0.1) is 5.92 Å². The Balaban J connectivity index is 1.56. The molecule has 0 aliphatic heterocycles. The van der Waals surface area contributed by atoms with Crippen LogP contribution in [0.5, 0.6) is 0 Å². The molecule has 2 heterocycles. The van der Waals surface area contributed by atoms with Gasteiger partial charge in [0.05, 0.1) is 12.7 Å². The molecule has 0 radical (unpaired) electrons. The largest absolute Gasteiger partial charge is 0.350 e. The molecule has 1 atom stereocenters. The van der Waals surface area contributed by atoms with Crippen LogP contribution in [-0.4, -0.2) is 20.9 Å². The van der Waals surface area contributed by atoms with E-state index in [1.807, 2.05) is 23.7 Å². The zero-order valence-corrected chi connectivity index (χ0v) is 11.8. The molecule has 0 unspecified atom stereocenters. The van der Waals surface area contributed by atoms with Gasteiger partial charge in [-0.15, -0.1) is 16.4 Å². The lowest BCUT2D eigenvalue weighted by molar-refractivity contribution is -0.125. The fraction of sp³-hybridized carbons (Fsp3) is 0.357. The minimum Gasteiger partial charge on any atom is -0.350 e. The number of thiophene rings is 1. The lowest BCUT2D eigenvalue weighted by Crippen LogP contribution is -2.30. The first kappa shape index (κ1) is 13.1. The van der Waals surface area contributed by atoms with E-state index in [1.54, 1.807) is 16.0 Å². The lowest BCUT2D eigenvalue weighted by Gasteiger charge is -2.16. The monoisotopic (exact) mass is 288 g/mol. The third kappa shape index (κ3) is 2.96. The Morgan fingerprint density at radius 2 is 2.45 bits per heavy atom. The number of nitrogens with one attached hydrogen (secondary N) is 1. The Bertz CT molecular complexity index is 602. The van der Waals surface area contributed by atoms with E-state index >= 15 is 0 Å². The maximum Gasteiger partial charge on any atom is 0.223 e. The molecule has 6 heteroatoms. The van der Waals surface area contributed by atoms with Crippen molar-refractivity contribution in [1.82, 2.24) is 20.3 Å². The van der Waals surface area contributed by atoms with E-state index in [-0.39, 0.29) is 11.8 Å². The van der Waals surface area contributed by atoms with Crippen molar-refractivity contribution in [3.63, 3.8) is 0 Å². The zero-order chi connectivity index (χ0) is 13.8. The van der Waals surface area contributed by atoms with Gasteiger partial charge >= 0.3 is 0 Å². The van der Waals surface area contributed by atoms with Crippen LogP contribution in [0.3, 0.4) is 0 Å². The molecule has 104 valence electrons. The Kier molecular flexibility index (Phi) is 3.92. The van der Waals surface area contributed by atoms with E-state index in [2.05, 4.69) is 27.8 Å². The van der Waals surface area contributed by atoms with E-state index in [9.17, 15) is 4.79 Å². The number of aromatic nitrogens is 3. The zero-order valence-electron chi connectivity index (χ0n) is 11.0. The fourth-order valence-corrected chi connectivity index (χ4v) is 2.89. The van der Waals surface area contributed by atoms with Crippen molar-refractivity contribution in [1.29, 1.82) is 0 Å². The first-order chi connectivity index (χ1) is 9.83. The molecule has 0 fully saturated rings. The Morgan fingerprint density at radius 1 is 1.50 bits per heavy atom. The summed E-state index contributed by atoms with van der Waals surface area (Å²) in [4.78, 5) is 12.0. The van der Waals surface area contributed by atoms with Crippen molar-refractivity contribution in [3.05, 3.63) is 41.6 Å². The van der Waals surface area contributed by atoms with Crippen molar-refractivity contribution in [2.45, 2.75) is 25.8 Å². The van der Waals surface area contributed by atoms with E-state index in [4.69, 9.17) is 0 Å². The number of hydrogen-bond donors (Lipinski definition) is 1. The quantitative estimate of drug-likeness (QED) is 0.878. The topological polar surface area (TPSA) is 59.8 Å². The SMILES string of the molecule is O=C(NCc1cn(-c2cccs2)nn1)[C@@H]1CC=CCC1. The molecule has 0 spiro atoms. The molecule has 2 aromatic rings. The summed E-state index contributed by atoms with van der Waals surface area (Å²) in [5.41, 5.74) is 0.776. The van der Waals surface area contributed by atoms with Gasteiger partial charge in [-0.25, -0.2) is 4.68 Å². The lowest BCUT2D eigenvalue weighted by atomic mass is 9.94. The van der Waals surface area contributed by atoms with Gasteiger partial charge in [0.1, 0.15) is 10.7 Å². The molecule has 5 nitrogen and oxygen atoms in total. The Labute approximate surface area is 121 Å². The van der Waals surface area contributed by atoms with Crippen LogP contribution in [0.2, 0.25) is 0 Å². The van der Waals surface area contributed by atoms with Gasteiger partial charge in [-0.2, -0.15) is 0 Å². The molecule has 20 heavy (non-hydrogen) atoms. The molecule has 0 saturated carbocycles. The fourth-order valence-electron chi connectivity index (χ4n) is 2.24. The molecular formula is C14H16N4OS. The van der Waals surface area contributed by atoms with E-state index in [1.165, 1.54) is 0 Å². The highest BCUT2D eigenvalue weighted by atomic mass is 32.1.